The van der Waals surface area contributed by atoms with Crippen molar-refractivity contribution in [3.8, 4) is 69.0 Å². The van der Waals surface area contributed by atoms with Gasteiger partial charge in [-0.15, -0.1) is 0 Å². The third-order valence-corrected chi connectivity index (χ3v) is 26.7. The quantitative estimate of drug-likeness (QED) is 0.0724. The molecule has 18 nitrogen and oxygen atoms in total. The van der Waals surface area contributed by atoms with Crippen LogP contribution in [-0.2, 0) is 28.6 Å². The van der Waals surface area contributed by atoms with Gasteiger partial charge in [0.1, 0.15) is 0 Å². The van der Waals surface area contributed by atoms with Crippen LogP contribution in [0.25, 0.3) is 0 Å². The van der Waals surface area contributed by atoms with Crippen molar-refractivity contribution in [2.45, 2.75) is 66.7 Å². The van der Waals surface area contributed by atoms with Crippen LogP contribution in [0.4, 0.5) is 0 Å². The average molecular weight is 1330 g/mol. The summed E-state index contributed by atoms with van der Waals surface area (Å²) >= 11 is 0. The molecular formula is C64H67K3O18Si3. The predicted octanol–water partition coefficient (Wildman–Crippen LogP) is 4.28. The van der Waals surface area contributed by atoms with Crippen LogP contribution in [-0.4, -0.2) is 64.2 Å². The van der Waals surface area contributed by atoms with Crippen LogP contribution in [0, 0.1) is 10.8 Å². The number of allylic oxidation sites excluding steroid dienone is 6. The molecule has 24 heteroatoms. The fourth-order valence-electron chi connectivity index (χ4n) is 11.1. The van der Waals surface area contributed by atoms with Crippen LogP contribution in [0.1, 0.15) is 66.7 Å². The molecule has 0 N–H and O–H groups in total. The Morgan fingerprint density at radius 2 is 0.750 bits per heavy atom. The van der Waals surface area contributed by atoms with Gasteiger partial charge in [-0.3, -0.25) is 0 Å². The van der Waals surface area contributed by atoms with Gasteiger partial charge in [0.25, 0.3) is 0 Å². The molecule has 0 saturated carbocycles. The van der Waals surface area contributed by atoms with Gasteiger partial charge in [0.2, 0.25) is 0 Å². The number of ether oxygens (including phenoxy) is 3. The molecule has 6 aromatic rings. The molecule has 0 radical (unpaired) electrons. The van der Waals surface area contributed by atoms with Crippen molar-refractivity contribution in [3.63, 3.8) is 0 Å². The Balaban J connectivity index is 0.000000176. The molecule has 2 atom stereocenters. The summed E-state index contributed by atoms with van der Waals surface area (Å²) in [5.74, 6) is 6.24. The van der Waals surface area contributed by atoms with Crippen molar-refractivity contribution >= 4 is 42.9 Å². The molecule has 14 rings (SSSR count). The fourth-order valence-corrected chi connectivity index (χ4v) is 22.5. The van der Waals surface area contributed by atoms with Gasteiger partial charge in [-0.25, -0.2) is 4.79 Å². The SMILES string of the molecule is C.C=C(C)C(=O)OC.C=CC(=C)[Si-]12(Oc3ccccc3O1)Oc1ccccc1O2.COC(=O)C1(C)CC=C([Si-]23(Oc4ccccc4O2)Oc2ccccc2O3)CC1.COC(=O)C1(C)CCC=C([Si-]23(Oc4ccccc4O2)Oc2ccccc2O3)C1.[K+].[K+].[K+]. The number of benzene rings is 6. The molecular weight excluding hydrogens is 1260 g/mol. The summed E-state index contributed by atoms with van der Waals surface area (Å²) in [7, 11) is -9.18. The van der Waals surface area contributed by atoms with Gasteiger partial charge < -0.3 is 4.74 Å². The van der Waals surface area contributed by atoms with Crippen LogP contribution in [0.15, 0.2) is 205 Å². The summed E-state index contributed by atoms with van der Waals surface area (Å²) < 4.78 is 90.1. The average Bonchev–Trinajstić information content (AvgIpc) is 1.54. The van der Waals surface area contributed by atoms with Crippen LogP contribution in [0.2, 0.25) is 0 Å². The molecule has 446 valence electrons. The van der Waals surface area contributed by atoms with Crippen LogP contribution in [0.3, 0.4) is 0 Å². The van der Waals surface area contributed by atoms with Crippen LogP contribution >= 0.6 is 0 Å². The molecule has 2 unspecified atom stereocenters. The maximum Gasteiger partial charge on any atom is 1.00 e. The third kappa shape index (κ3) is 12.5. The number of hydrogen-bond acceptors (Lipinski definition) is 18. The van der Waals surface area contributed by atoms with Crippen molar-refractivity contribution in [3.05, 3.63) is 205 Å². The van der Waals surface area contributed by atoms with Crippen LogP contribution in [0.5, 0.6) is 69.0 Å². The molecule has 0 fully saturated rings. The molecule has 0 aromatic heterocycles. The minimum atomic E-state index is -4.55. The maximum absolute atomic E-state index is 12.5. The second-order valence-electron chi connectivity index (χ2n) is 21.6. The number of para-hydroxylation sites is 12. The minimum absolute atomic E-state index is 0. The van der Waals surface area contributed by atoms with Gasteiger partial charge >= 0.3 is 608 Å². The smallest absolute Gasteiger partial charge is 1.00 e. The Kier molecular flexibility index (Phi) is 21.8. The first-order valence-corrected chi connectivity index (χ1v) is 33.6. The first kappa shape index (κ1) is 71.0. The largest absolute Gasteiger partial charge is 1.00 e. The van der Waals surface area contributed by atoms with Gasteiger partial charge in [0.05, 0.1) is 7.11 Å². The maximum atomic E-state index is 12.5. The summed E-state index contributed by atoms with van der Waals surface area (Å²) in [6, 6.07) is 44.5. The zero-order valence-electron chi connectivity index (χ0n) is 50.3. The number of esters is 3. The second kappa shape index (κ2) is 27.0. The van der Waals surface area contributed by atoms with Crippen molar-refractivity contribution in [2.75, 3.05) is 21.3 Å². The standard InChI is InChI=1S/2C21H21O6Si.C16H13O4Si.C5H8O2.CH4.3K/c1-21(20(22)23-2)13-7-8-15(14-21)28(24-16-9-3-4-10-17(16)25-28)26-18-11-5-6-12-19(18)27-28;1-21(20(22)23-2)13-11-15(12-14-21)28(24-16-7-3-4-8-17(16)25-28)26-18-9-5-6-10-19(18)27-28;1-3-12(2)21(17-13-8-4-5-9-14(13)18-21)19-15-10-6-7-11-16(15)20-21;1-4(2)5(6)7-3;;;;/h3-6,8-12H,7,13-14H2,1-2H3;3-11H,12-14H2,1-2H3;3-11H,1-2H2;1H2,2-3H3;1H4;;;/q3*-1;;;3*+1. The van der Waals surface area contributed by atoms with E-state index in [2.05, 4.69) is 24.5 Å². The van der Waals surface area contributed by atoms with Crippen molar-refractivity contribution < 1.29 is 236 Å². The summed E-state index contributed by atoms with van der Waals surface area (Å²) in [6.45, 7) is 16.5. The normalized spacial score (nSPS) is 22.5. The van der Waals surface area contributed by atoms with Gasteiger partial charge in [0.15, 0.2) is 0 Å². The molecule has 0 saturated heterocycles. The van der Waals surface area contributed by atoms with E-state index < -0.39 is 35.8 Å². The second-order valence-corrected chi connectivity index (χ2v) is 31.4. The summed E-state index contributed by atoms with van der Waals surface area (Å²) in [5.41, 5.74) is -0.841. The fraction of sp³-hybridized carbons (Fsp3) is 0.234. The Morgan fingerprint density at radius 1 is 0.455 bits per heavy atom. The number of methoxy groups -OCH3 is 3. The number of carbonyl (C=O) groups excluding carboxylic acids is 3. The Morgan fingerprint density at radius 3 is 1.00 bits per heavy atom. The van der Waals surface area contributed by atoms with E-state index in [0.717, 1.165) is 10.4 Å². The van der Waals surface area contributed by atoms with Gasteiger partial charge in [-0.05, 0) is 6.92 Å². The topological polar surface area (TPSA) is 190 Å². The van der Waals surface area contributed by atoms with Crippen LogP contribution < -0.4 is 207 Å². The summed E-state index contributed by atoms with van der Waals surface area (Å²) in [5, 5.41) is 2.07. The summed E-state index contributed by atoms with van der Waals surface area (Å²) in [4.78, 5) is 34.9. The molecule has 0 bridgehead atoms. The van der Waals surface area contributed by atoms with Gasteiger partial charge in [-0.2, -0.15) is 0 Å². The van der Waals surface area contributed by atoms with Gasteiger partial charge in [-0.1, -0.05) is 14.0 Å². The van der Waals surface area contributed by atoms with E-state index in [1.54, 1.807) is 13.0 Å². The molecule has 2 aliphatic carbocycles. The molecule has 0 amide bonds. The predicted molar refractivity (Wildman–Crippen MR) is 320 cm³/mol. The third-order valence-electron chi connectivity index (χ3n) is 15.6. The van der Waals surface area contributed by atoms with E-state index in [1.807, 2.05) is 172 Å². The first-order valence-electron chi connectivity index (χ1n) is 27.2. The molecule has 6 aromatic carbocycles. The number of rotatable bonds is 7. The van der Waals surface area contributed by atoms with E-state index in [9.17, 15) is 14.4 Å². The Hall–Kier alpha value is -4.41. The molecule has 6 heterocycles. The summed E-state index contributed by atoms with van der Waals surface area (Å²) in [6.07, 6.45) is 8.98. The first-order chi connectivity index (χ1) is 40.3. The minimum Gasteiger partial charge on any atom is 1.00 e. The zero-order valence-corrected chi connectivity index (χ0v) is 62.7. The number of hydrogen-bond donors (Lipinski definition) is 0. The van der Waals surface area contributed by atoms with E-state index in [0.29, 0.717) is 118 Å². The number of carbonyl (C=O) groups is 3. The Bertz CT molecular complexity index is 3460. The van der Waals surface area contributed by atoms with E-state index in [1.165, 1.54) is 21.3 Å². The molecule has 6 aliphatic heterocycles. The zero-order chi connectivity index (χ0) is 59.3. The van der Waals surface area contributed by atoms with E-state index in [4.69, 9.17) is 62.6 Å². The van der Waals surface area contributed by atoms with Crippen molar-refractivity contribution in [2.24, 2.45) is 10.8 Å². The van der Waals surface area contributed by atoms with Crippen molar-refractivity contribution in [1.82, 2.24) is 0 Å². The monoisotopic (exact) mass is 1320 g/mol. The Labute approximate surface area is 641 Å². The number of fused-ring (bicyclic) bond motifs is 6. The van der Waals surface area contributed by atoms with E-state index >= 15 is 0 Å². The molecule has 8 aliphatic rings. The van der Waals surface area contributed by atoms with Crippen molar-refractivity contribution in [1.29, 1.82) is 0 Å². The molecule has 88 heavy (non-hydrogen) atoms. The molecule has 3 spiro atoms. The van der Waals surface area contributed by atoms with Gasteiger partial charge in [0, 0.05) is 5.57 Å². The van der Waals surface area contributed by atoms with E-state index in [-0.39, 0.29) is 179 Å².